The predicted molar refractivity (Wildman–Crippen MR) is 73.6 cm³/mol. The summed E-state index contributed by atoms with van der Waals surface area (Å²) >= 11 is 0. The van der Waals surface area contributed by atoms with Gasteiger partial charge in [-0.05, 0) is 43.9 Å². The monoisotopic (exact) mass is 264 g/mol. The normalized spacial score (nSPS) is 18.7. The summed E-state index contributed by atoms with van der Waals surface area (Å²) in [7, 11) is 0. The molecule has 3 rings (SSSR count). The maximum Gasteiger partial charge on any atom is 0.224 e. The van der Waals surface area contributed by atoms with Crippen molar-refractivity contribution in [1.29, 1.82) is 0 Å². The van der Waals surface area contributed by atoms with Gasteiger partial charge in [0, 0.05) is 12.6 Å². The third kappa shape index (κ3) is 3.14. The molecule has 5 heteroatoms. The first-order valence-electron chi connectivity index (χ1n) is 7.31. The molecule has 1 heterocycles. The Bertz CT molecular complexity index is 431. The molecule has 4 nitrogen and oxygen atoms in total. The molecule has 0 unspecified atom stereocenters. The summed E-state index contributed by atoms with van der Waals surface area (Å²) < 4.78 is 13.8. The fraction of sp³-hybridized carbons (Fsp3) is 0.714. The predicted octanol–water partition coefficient (Wildman–Crippen LogP) is 3.04. The fourth-order valence-corrected chi connectivity index (χ4v) is 2.48. The summed E-state index contributed by atoms with van der Waals surface area (Å²) in [4.78, 5) is 8.23. The highest BCUT2D eigenvalue weighted by Gasteiger charge is 2.41. The van der Waals surface area contributed by atoms with Crippen LogP contribution in [0.5, 0.6) is 0 Å². The molecule has 0 amide bonds. The third-order valence-corrected chi connectivity index (χ3v) is 3.84. The van der Waals surface area contributed by atoms with Gasteiger partial charge in [0.2, 0.25) is 5.95 Å². The van der Waals surface area contributed by atoms with Crippen molar-refractivity contribution < 1.29 is 4.39 Å². The number of anilines is 2. The quantitative estimate of drug-likeness (QED) is 0.794. The minimum atomic E-state index is -0.353. The molecule has 2 N–H and O–H groups in total. The minimum absolute atomic E-state index is 0.353. The minimum Gasteiger partial charge on any atom is -0.364 e. The van der Waals surface area contributed by atoms with Gasteiger partial charge in [-0.2, -0.15) is 4.98 Å². The molecule has 0 bridgehead atoms. The molecule has 2 aliphatic carbocycles. The second kappa shape index (κ2) is 5.31. The molecule has 2 saturated carbocycles. The summed E-state index contributed by atoms with van der Waals surface area (Å²) in [5.41, 5.74) is 0. The van der Waals surface area contributed by atoms with E-state index < -0.39 is 0 Å². The van der Waals surface area contributed by atoms with Gasteiger partial charge in [-0.25, -0.2) is 9.37 Å². The number of halogens is 1. The molecule has 0 saturated heterocycles. The Labute approximate surface area is 113 Å². The zero-order valence-corrected chi connectivity index (χ0v) is 11.3. The van der Waals surface area contributed by atoms with Crippen molar-refractivity contribution in [3.8, 4) is 0 Å². The Hall–Kier alpha value is -1.39. The van der Waals surface area contributed by atoms with E-state index in [9.17, 15) is 4.39 Å². The van der Waals surface area contributed by atoms with Crippen molar-refractivity contribution in [2.24, 2.45) is 11.8 Å². The number of aromatic nitrogens is 2. The lowest BCUT2D eigenvalue weighted by Gasteiger charge is -2.19. The van der Waals surface area contributed by atoms with Gasteiger partial charge in [0.15, 0.2) is 11.6 Å². The van der Waals surface area contributed by atoms with E-state index in [0.717, 1.165) is 13.0 Å². The highest BCUT2D eigenvalue weighted by atomic mass is 19.1. The van der Waals surface area contributed by atoms with E-state index in [4.69, 9.17) is 0 Å². The van der Waals surface area contributed by atoms with Crippen LogP contribution in [0.3, 0.4) is 0 Å². The molecule has 2 aliphatic rings. The van der Waals surface area contributed by atoms with E-state index in [2.05, 4.69) is 27.5 Å². The van der Waals surface area contributed by atoms with Crippen LogP contribution in [0.1, 0.15) is 39.0 Å². The van der Waals surface area contributed by atoms with E-state index >= 15 is 0 Å². The highest BCUT2D eigenvalue weighted by molar-refractivity contribution is 5.42. The molecule has 1 aromatic heterocycles. The largest absolute Gasteiger partial charge is 0.364 e. The van der Waals surface area contributed by atoms with E-state index in [1.807, 2.05) is 0 Å². The van der Waals surface area contributed by atoms with Crippen LogP contribution in [0.15, 0.2) is 6.20 Å². The molecule has 0 aromatic carbocycles. The zero-order valence-electron chi connectivity index (χ0n) is 11.3. The SMILES string of the molecule is CCCNc1ncc(F)c(NC(C2CC2)C2CC2)n1. The van der Waals surface area contributed by atoms with Crippen molar-refractivity contribution >= 4 is 11.8 Å². The average Bonchev–Trinajstić information content (AvgIpc) is 3.28. The summed E-state index contributed by atoms with van der Waals surface area (Å²) in [6, 6.07) is 0.406. The maximum atomic E-state index is 13.8. The Balaban J connectivity index is 1.70. The van der Waals surface area contributed by atoms with Crippen molar-refractivity contribution in [3.63, 3.8) is 0 Å². The molecule has 0 atom stereocenters. The Kier molecular flexibility index (Phi) is 3.53. The lowest BCUT2D eigenvalue weighted by Crippen LogP contribution is -2.25. The third-order valence-electron chi connectivity index (χ3n) is 3.84. The lowest BCUT2D eigenvalue weighted by atomic mass is 10.1. The molecule has 2 fully saturated rings. The average molecular weight is 264 g/mol. The number of hydrogen-bond acceptors (Lipinski definition) is 4. The maximum absolute atomic E-state index is 13.8. The lowest BCUT2D eigenvalue weighted by molar-refractivity contribution is 0.552. The van der Waals surface area contributed by atoms with Gasteiger partial charge in [0.25, 0.3) is 0 Å². The van der Waals surface area contributed by atoms with Crippen molar-refractivity contribution in [2.75, 3.05) is 17.2 Å². The first kappa shape index (κ1) is 12.6. The fourth-order valence-electron chi connectivity index (χ4n) is 2.48. The number of nitrogens with zero attached hydrogens (tertiary/aromatic N) is 2. The summed E-state index contributed by atoms with van der Waals surface area (Å²) in [5, 5.41) is 6.42. The first-order chi connectivity index (χ1) is 9.28. The van der Waals surface area contributed by atoms with Gasteiger partial charge in [0.05, 0.1) is 6.20 Å². The van der Waals surface area contributed by atoms with Gasteiger partial charge in [0.1, 0.15) is 0 Å². The van der Waals surface area contributed by atoms with E-state index in [1.165, 1.54) is 31.9 Å². The molecular formula is C14H21FN4. The van der Waals surface area contributed by atoms with Gasteiger partial charge in [-0.3, -0.25) is 0 Å². The molecular weight excluding hydrogens is 243 g/mol. The smallest absolute Gasteiger partial charge is 0.224 e. The van der Waals surface area contributed by atoms with Gasteiger partial charge >= 0.3 is 0 Å². The van der Waals surface area contributed by atoms with Crippen LogP contribution in [-0.4, -0.2) is 22.6 Å². The molecule has 0 aliphatic heterocycles. The van der Waals surface area contributed by atoms with Crippen molar-refractivity contribution in [1.82, 2.24) is 9.97 Å². The molecule has 0 spiro atoms. The summed E-state index contributed by atoms with van der Waals surface area (Å²) in [5.74, 6) is 1.95. The van der Waals surface area contributed by atoms with Crippen LogP contribution >= 0.6 is 0 Å². The second-order valence-corrected chi connectivity index (χ2v) is 5.66. The van der Waals surface area contributed by atoms with Crippen LogP contribution in [0.2, 0.25) is 0 Å². The van der Waals surface area contributed by atoms with Crippen LogP contribution < -0.4 is 10.6 Å². The van der Waals surface area contributed by atoms with Crippen molar-refractivity contribution in [3.05, 3.63) is 12.0 Å². The molecule has 1 aromatic rings. The Morgan fingerprint density at radius 3 is 2.58 bits per heavy atom. The van der Waals surface area contributed by atoms with E-state index in [-0.39, 0.29) is 5.82 Å². The first-order valence-corrected chi connectivity index (χ1v) is 7.31. The van der Waals surface area contributed by atoms with Crippen LogP contribution in [0, 0.1) is 17.7 Å². The van der Waals surface area contributed by atoms with Crippen LogP contribution in [-0.2, 0) is 0 Å². The van der Waals surface area contributed by atoms with Gasteiger partial charge < -0.3 is 10.6 Å². The standard InChI is InChI=1S/C14H21FN4/c1-2-7-16-14-17-8-11(15)13(19-14)18-12(9-3-4-9)10-5-6-10/h8-10,12H,2-7H2,1H3,(H2,16,17,18,19). The van der Waals surface area contributed by atoms with Crippen LogP contribution in [0.4, 0.5) is 16.2 Å². The van der Waals surface area contributed by atoms with Gasteiger partial charge in [-0.1, -0.05) is 6.92 Å². The summed E-state index contributed by atoms with van der Waals surface area (Å²) in [6.07, 6.45) is 7.31. The van der Waals surface area contributed by atoms with E-state index in [1.54, 1.807) is 0 Å². The van der Waals surface area contributed by atoms with Crippen LogP contribution in [0.25, 0.3) is 0 Å². The molecule has 104 valence electrons. The molecule has 19 heavy (non-hydrogen) atoms. The number of rotatable bonds is 7. The Morgan fingerprint density at radius 2 is 2.00 bits per heavy atom. The van der Waals surface area contributed by atoms with E-state index in [0.29, 0.717) is 29.6 Å². The zero-order chi connectivity index (χ0) is 13.2. The second-order valence-electron chi connectivity index (χ2n) is 5.66. The van der Waals surface area contributed by atoms with Gasteiger partial charge in [-0.15, -0.1) is 0 Å². The number of nitrogens with one attached hydrogen (secondary N) is 2. The molecule has 0 radical (unpaired) electrons. The number of hydrogen-bond donors (Lipinski definition) is 2. The topological polar surface area (TPSA) is 49.8 Å². The summed E-state index contributed by atoms with van der Waals surface area (Å²) in [6.45, 7) is 2.88. The highest BCUT2D eigenvalue weighted by Crippen LogP contribution is 2.45. The Morgan fingerprint density at radius 1 is 1.32 bits per heavy atom. The van der Waals surface area contributed by atoms with Crippen molar-refractivity contribution in [2.45, 2.75) is 45.1 Å².